The van der Waals surface area contributed by atoms with Gasteiger partial charge < -0.3 is 25.9 Å². The van der Waals surface area contributed by atoms with E-state index in [1.807, 2.05) is 6.07 Å². The lowest BCUT2D eigenvalue weighted by atomic mass is 10.1. The second kappa shape index (κ2) is 10.8. The van der Waals surface area contributed by atoms with Crippen LogP contribution in [-0.4, -0.2) is 35.6 Å². The number of alkyl carbamates (subject to hydrolysis) is 1. The molecule has 0 unspecified atom stereocenters. The topological polar surface area (TPSA) is 156 Å². The molecule has 0 spiro atoms. The highest BCUT2D eigenvalue weighted by atomic mass is 16.7. The summed E-state index contributed by atoms with van der Waals surface area (Å²) in [6.07, 6.45) is -0.656. The van der Waals surface area contributed by atoms with Crippen LogP contribution in [0.5, 0.6) is 0 Å². The molecule has 10 heteroatoms. The van der Waals surface area contributed by atoms with E-state index >= 15 is 0 Å². The summed E-state index contributed by atoms with van der Waals surface area (Å²) in [5, 5.41) is 12.3. The molecular formula is C22H27N5O5. The van der Waals surface area contributed by atoms with Gasteiger partial charge in [0.05, 0.1) is 0 Å². The first-order valence-electron chi connectivity index (χ1n) is 9.79. The molecule has 0 radical (unpaired) electrons. The van der Waals surface area contributed by atoms with Gasteiger partial charge in [0, 0.05) is 17.7 Å². The largest absolute Gasteiger partial charge is 0.444 e. The molecule has 32 heavy (non-hydrogen) atoms. The van der Waals surface area contributed by atoms with Gasteiger partial charge in [-0.2, -0.15) is 5.48 Å². The predicted octanol–water partition coefficient (Wildman–Crippen LogP) is 2.32. The summed E-state index contributed by atoms with van der Waals surface area (Å²) >= 11 is 0. The molecule has 6 N–H and O–H groups in total. The molecule has 0 aliphatic carbocycles. The van der Waals surface area contributed by atoms with Crippen molar-refractivity contribution in [3.05, 3.63) is 65.7 Å². The fourth-order valence-corrected chi connectivity index (χ4v) is 2.61. The lowest BCUT2D eigenvalue weighted by molar-refractivity contribution is -0.151. The quantitative estimate of drug-likeness (QED) is 0.262. The second-order valence-corrected chi connectivity index (χ2v) is 7.86. The van der Waals surface area contributed by atoms with Crippen molar-refractivity contribution < 1.29 is 24.0 Å². The van der Waals surface area contributed by atoms with Crippen LogP contribution in [0, 0.1) is 5.41 Å². The minimum Gasteiger partial charge on any atom is -0.444 e. The summed E-state index contributed by atoms with van der Waals surface area (Å²) in [6, 6.07) is 14.0. The molecule has 2 aromatic rings. The zero-order valence-electron chi connectivity index (χ0n) is 18.1. The van der Waals surface area contributed by atoms with Crippen molar-refractivity contribution in [2.45, 2.75) is 38.8 Å². The van der Waals surface area contributed by atoms with Crippen LogP contribution in [0.4, 0.5) is 10.5 Å². The van der Waals surface area contributed by atoms with Gasteiger partial charge in [-0.1, -0.05) is 36.4 Å². The number of carbonyl (C=O) groups is 3. The summed E-state index contributed by atoms with van der Waals surface area (Å²) in [4.78, 5) is 42.1. The van der Waals surface area contributed by atoms with Gasteiger partial charge >= 0.3 is 12.1 Å². The highest BCUT2D eigenvalue weighted by molar-refractivity contribution is 5.97. The molecule has 0 aliphatic rings. The van der Waals surface area contributed by atoms with Crippen molar-refractivity contribution in [1.82, 2.24) is 10.8 Å². The number of rotatable bonds is 6. The zero-order chi connectivity index (χ0) is 23.7. The van der Waals surface area contributed by atoms with E-state index in [0.717, 1.165) is 5.56 Å². The molecule has 0 fully saturated rings. The average Bonchev–Trinajstić information content (AvgIpc) is 2.70. The number of nitrogens with two attached hydrogens (primary N) is 1. The standard InChI is InChI=1S/C22H27N5O5/c1-22(2,3)31-21(30)26-17(12-14-8-5-4-6-9-14)19(29)32-27-18(28)15-10-7-11-16(13-15)25-20(23)24/h4-11,13,17H,12H2,1-3H3,(H,26,30)(H,27,28)(H4,23,24,25)/t17-/m0/s1. The summed E-state index contributed by atoms with van der Waals surface area (Å²) in [7, 11) is 0. The van der Waals surface area contributed by atoms with Crippen LogP contribution in [-0.2, 0) is 20.8 Å². The first kappa shape index (κ1) is 24.2. The summed E-state index contributed by atoms with van der Waals surface area (Å²) in [6.45, 7) is 5.10. The van der Waals surface area contributed by atoms with Crippen molar-refractivity contribution in [3.63, 3.8) is 0 Å². The highest BCUT2D eigenvalue weighted by Crippen LogP contribution is 2.11. The number of amides is 2. The van der Waals surface area contributed by atoms with Crippen LogP contribution < -0.4 is 21.8 Å². The lowest BCUT2D eigenvalue weighted by Crippen LogP contribution is -2.47. The van der Waals surface area contributed by atoms with E-state index < -0.39 is 29.6 Å². The third-order valence-corrected chi connectivity index (χ3v) is 3.91. The maximum Gasteiger partial charge on any atom is 0.408 e. The summed E-state index contributed by atoms with van der Waals surface area (Å²) < 4.78 is 5.22. The van der Waals surface area contributed by atoms with Crippen LogP contribution in [0.25, 0.3) is 0 Å². The number of benzene rings is 2. The van der Waals surface area contributed by atoms with Crippen LogP contribution >= 0.6 is 0 Å². The predicted molar refractivity (Wildman–Crippen MR) is 119 cm³/mol. The first-order valence-corrected chi connectivity index (χ1v) is 9.79. The molecular weight excluding hydrogens is 414 g/mol. The fraction of sp³-hybridized carbons (Fsp3) is 0.273. The van der Waals surface area contributed by atoms with Gasteiger partial charge in [-0.05, 0) is 44.5 Å². The van der Waals surface area contributed by atoms with Gasteiger partial charge in [-0.15, -0.1) is 0 Å². The van der Waals surface area contributed by atoms with Gasteiger partial charge in [-0.3, -0.25) is 10.2 Å². The van der Waals surface area contributed by atoms with Gasteiger partial charge in [0.1, 0.15) is 11.6 Å². The number of nitrogens with one attached hydrogen (secondary N) is 4. The van der Waals surface area contributed by atoms with Crippen molar-refractivity contribution in [1.29, 1.82) is 5.41 Å². The number of guanidine groups is 1. The molecule has 170 valence electrons. The highest BCUT2D eigenvalue weighted by Gasteiger charge is 2.27. The number of anilines is 1. The fourth-order valence-electron chi connectivity index (χ4n) is 2.61. The summed E-state index contributed by atoms with van der Waals surface area (Å²) in [5.74, 6) is -1.85. The normalized spacial score (nSPS) is 11.6. The number of hydrogen-bond acceptors (Lipinski definition) is 6. The van der Waals surface area contributed by atoms with Crippen LogP contribution in [0.3, 0.4) is 0 Å². The first-order chi connectivity index (χ1) is 15.0. The summed E-state index contributed by atoms with van der Waals surface area (Å²) in [5.41, 5.74) is 7.97. The Morgan fingerprint density at radius 2 is 1.75 bits per heavy atom. The minimum absolute atomic E-state index is 0.132. The zero-order valence-corrected chi connectivity index (χ0v) is 18.1. The Bertz CT molecular complexity index is 972. The van der Waals surface area contributed by atoms with Crippen molar-refractivity contribution in [2.75, 3.05) is 5.32 Å². The molecule has 1 atom stereocenters. The van der Waals surface area contributed by atoms with E-state index in [2.05, 4.69) is 16.1 Å². The third kappa shape index (κ3) is 8.34. The molecule has 0 aliphatic heterocycles. The average molecular weight is 441 g/mol. The van der Waals surface area contributed by atoms with Crippen molar-refractivity contribution in [2.24, 2.45) is 5.73 Å². The van der Waals surface area contributed by atoms with Gasteiger partial charge in [0.2, 0.25) is 0 Å². The Balaban J connectivity index is 2.05. The maximum atomic E-state index is 12.6. The number of hydroxylamine groups is 1. The van der Waals surface area contributed by atoms with E-state index in [-0.39, 0.29) is 17.9 Å². The van der Waals surface area contributed by atoms with Crippen LogP contribution in [0.1, 0.15) is 36.7 Å². The SMILES string of the molecule is CC(C)(C)OC(=O)N[C@@H](Cc1ccccc1)C(=O)ONC(=O)c1cccc(NC(=N)N)c1. The van der Waals surface area contributed by atoms with Crippen LogP contribution in [0.15, 0.2) is 54.6 Å². The minimum atomic E-state index is -1.10. The van der Waals surface area contributed by atoms with Gasteiger partial charge in [-0.25, -0.2) is 9.59 Å². The molecule has 0 bridgehead atoms. The number of hydrogen-bond donors (Lipinski definition) is 5. The lowest BCUT2D eigenvalue weighted by Gasteiger charge is -2.23. The Labute approximate surface area is 185 Å². The van der Waals surface area contributed by atoms with Crippen molar-refractivity contribution >= 4 is 29.6 Å². The molecule has 0 saturated carbocycles. The Kier molecular flexibility index (Phi) is 8.17. The molecule has 2 rings (SSSR count). The van der Waals surface area contributed by atoms with E-state index in [1.165, 1.54) is 12.1 Å². The van der Waals surface area contributed by atoms with E-state index in [9.17, 15) is 14.4 Å². The molecule has 0 aromatic heterocycles. The number of ether oxygens (including phenoxy) is 1. The Morgan fingerprint density at radius 3 is 2.38 bits per heavy atom. The van der Waals surface area contributed by atoms with E-state index in [0.29, 0.717) is 5.69 Å². The smallest absolute Gasteiger partial charge is 0.408 e. The maximum absolute atomic E-state index is 12.6. The molecule has 0 heterocycles. The molecule has 2 aromatic carbocycles. The van der Waals surface area contributed by atoms with Crippen molar-refractivity contribution in [3.8, 4) is 0 Å². The van der Waals surface area contributed by atoms with Crippen LogP contribution in [0.2, 0.25) is 0 Å². The number of carbonyl (C=O) groups excluding carboxylic acids is 3. The van der Waals surface area contributed by atoms with E-state index in [1.54, 1.807) is 57.2 Å². The molecule has 10 nitrogen and oxygen atoms in total. The third-order valence-electron chi connectivity index (χ3n) is 3.91. The molecule has 0 saturated heterocycles. The molecule has 2 amide bonds. The Morgan fingerprint density at radius 1 is 1.06 bits per heavy atom. The second-order valence-electron chi connectivity index (χ2n) is 7.86. The van der Waals surface area contributed by atoms with Gasteiger partial charge in [0.15, 0.2) is 5.96 Å². The van der Waals surface area contributed by atoms with E-state index in [4.69, 9.17) is 20.7 Å². The monoisotopic (exact) mass is 441 g/mol. The Hall–Kier alpha value is -4.08. The van der Waals surface area contributed by atoms with Gasteiger partial charge in [0.25, 0.3) is 5.91 Å².